The molecular weight excluding hydrogens is 258 g/mol. The average molecular weight is 272 g/mol. The second-order valence-electron chi connectivity index (χ2n) is 4.14. The number of alkyl halides is 2. The first kappa shape index (κ1) is 13.3. The van der Waals surface area contributed by atoms with Gasteiger partial charge in [0.05, 0.1) is 22.8 Å². The van der Waals surface area contributed by atoms with Gasteiger partial charge in [-0.1, -0.05) is 12.1 Å². The maximum atomic E-state index is 12.9. The Morgan fingerprint density at radius 3 is 2.83 bits per heavy atom. The summed E-state index contributed by atoms with van der Waals surface area (Å²) in [7, 11) is 0. The number of rotatable bonds is 5. The van der Waals surface area contributed by atoms with Crippen LogP contribution in [-0.4, -0.2) is 29.2 Å². The molecule has 0 fully saturated rings. The van der Waals surface area contributed by atoms with E-state index in [9.17, 15) is 8.78 Å². The number of aromatic nitrogens is 1. The van der Waals surface area contributed by atoms with Crippen LogP contribution in [0.3, 0.4) is 0 Å². The third-order valence-electron chi connectivity index (χ3n) is 2.58. The van der Waals surface area contributed by atoms with E-state index in [1.165, 1.54) is 11.3 Å². The van der Waals surface area contributed by atoms with Gasteiger partial charge in [0, 0.05) is 0 Å². The lowest BCUT2D eigenvalue weighted by Gasteiger charge is -2.17. The Kier molecular flexibility index (Phi) is 3.89. The number of nitrogens with zero attached hydrogens (tertiary/aromatic N) is 1. The fourth-order valence-corrected chi connectivity index (χ4v) is 2.52. The Morgan fingerprint density at radius 1 is 1.44 bits per heavy atom. The van der Waals surface area contributed by atoms with E-state index < -0.39 is 19.1 Å². The maximum Gasteiger partial charge on any atom is 0.282 e. The van der Waals surface area contributed by atoms with Crippen LogP contribution in [0.4, 0.5) is 8.78 Å². The van der Waals surface area contributed by atoms with Crippen molar-refractivity contribution in [3.05, 3.63) is 29.3 Å². The van der Waals surface area contributed by atoms with Crippen molar-refractivity contribution < 1.29 is 13.9 Å². The molecule has 0 aliphatic carbocycles. The van der Waals surface area contributed by atoms with Gasteiger partial charge in [-0.25, -0.2) is 13.8 Å². The maximum absolute atomic E-state index is 12.9. The number of hydrogen-bond acceptors (Lipinski definition) is 4. The van der Waals surface area contributed by atoms with Crippen molar-refractivity contribution in [2.24, 2.45) is 0 Å². The first-order valence-corrected chi connectivity index (χ1v) is 6.41. The standard InChI is InChI=1S/C12H14F2N2OS/c1-8(15-6-12(13,14)7-17)11-16-9-4-2-3-5-10(9)18-11/h2-5,8,15,17H,6-7H2,1H3. The van der Waals surface area contributed by atoms with Crippen molar-refractivity contribution in [1.29, 1.82) is 0 Å². The molecule has 0 aliphatic heterocycles. The van der Waals surface area contributed by atoms with Crippen molar-refractivity contribution in [3.8, 4) is 0 Å². The van der Waals surface area contributed by atoms with Gasteiger partial charge in [0.15, 0.2) is 0 Å². The Balaban J connectivity index is 2.07. The molecule has 0 amide bonds. The Labute approximate surface area is 107 Å². The van der Waals surface area contributed by atoms with E-state index >= 15 is 0 Å². The number of benzene rings is 1. The Bertz CT molecular complexity index is 497. The van der Waals surface area contributed by atoms with E-state index in [1.807, 2.05) is 24.3 Å². The molecule has 1 atom stereocenters. The van der Waals surface area contributed by atoms with Gasteiger partial charge < -0.3 is 10.4 Å². The number of nitrogens with one attached hydrogen (secondary N) is 1. The monoisotopic (exact) mass is 272 g/mol. The van der Waals surface area contributed by atoms with Crippen LogP contribution >= 0.6 is 11.3 Å². The number of halogens is 2. The summed E-state index contributed by atoms with van der Waals surface area (Å²) in [6, 6.07) is 7.39. The Morgan fingerprint density at radius 2 is 2.17 bits per heavy atom. The van der Waals surface area contributed by atoms with E-state index in [4.69, 9.17) is 5.11 Å². The normalized spacial score (nSPS) is 14.0. The summed E-state index contributed by atoms with van der Waals surface area (Å²) in [5, 5.41) is 11.9. The zero-order valence-electron chi connectivity index (χ0n) is 9.86. The number of aliphatic hydroxyl groups excluding tert-OH is 1. The van der Waals surface area contributed by atoms with Gasteiger partial charge in [0.25, 0.3) is 5.92 Å². The molecule has 1 unspecified atom stereocenters. The zero-order valence-corrected chi connectivity index (χ0v) is 10.7. The fraction of sp³-hybridized carbons (Fsp3) is 0.417. The molecule has 6 heteroatoms. The highest BCUT2D eigenvalue weighted by Crippen LogP contribution is 2.26. The predicted octanol–water partition coefficient (Wildman–Crippen LogP) is 2.57. The molecule has 0 saturated heterocycles. The number of fused-ring (bicyclic) bond motifs is 1. The van der Waals surface area contributed by atoms with Crippen LogP contribution < -0.4 is 5.32 Å². The van der Waals surface area contributed by atoms with Crippen LogP contribution in [0.5, 0.6) is 0 Å². The minimum atomic E-state index is -3.09. The van der Waals surface area contributed by atoms with Gasteiger partial charge in [-0.2, -0.15) is 0 Å². The van der Waals surface area contributed by atoms with Crippen LogP contribution in [0.15, 0.2) is 24.3 Å². The lowest BCUT2D eigenvalue weighted by atomic mass is 10.3. The summed E-state index contributed by atoms with van der Waals surface area (Å²) in [5.41, 5.74) is 0.875. The molecule has 0 bridgehead atoms. The summed E-state index contributed by atoms with van der Waals surface area (Å²) >= 11 is 1.48. The summed E-state index contributed by atoms with van der Waals surface area (Å²) in [5.74, 6) is -3.09. The van der Waals surface area contributed by atoms with Crippen molar-refractivity contribution in [3.63, 3.8) is 0 Å². The molecule has 1 aromatic heterocycles. The first-order chi connectivity index (χ1) is 8.52. The van der Waals surface area contributed by atoms with Crippen molar-refractivity contribution >= 4 is 21.6 Å². The third kappa shape index (κ3) is 3.01. The highest BCUT2D eigenvalue weighted by molar-refractivity contribution is 7.18. The quantitative estimate of drug-likeness (QED) is 0.879. The minimum Gasteiger partial charge on any atom is -0.390 e. The fourth-order valence-electron chi connectivity index (χ4n) is 1.52. The number of hydrogen-bond donors (Lipinski definition) is 2. The molecule has 1 aromatic carbocycles. The molecule has 0 saturated carbocycles. The zero-order chi connectivity index (χ0) is 13.2. The van der Waals surface area contributed by atoms with Gasteiger partial charge in [0.1, 0.15) is 11.6 Å². The van der Waals surface area contributed by atoms with Crippen LogP contribution in [0.1, 0.15) is 18.0 Å². The van der Waals surface area contributed by atoms with Crippen LogP contribution in [-0.2, 0) is 0 Å². The van der Waals surface area contributed by atoms with Gasteiger partial charge in [-0.15, -0.1) is 11.3 Å². The van der Waals surface area contributed by atoms with E-state index in [1.54, 1.807) is 6.92 Å². The van der Waals surface area contributed by atoms with Gasteiger partial charge in [-0.3, -0.25) is 0 Å². The molecule has 2 aromatic rings. The molecule has 2 rings (SSSR count). The van der Waals surface area contributed by atoms with E-state index in [2.05, 4.69) is 10.3 Å². The summed E-state index contributed by atoms with van der Waals surface area (Å²) < 4.78 is 26.8. The van der Waals surface area contributed by atoms with Gasteiger partial charge in [0.2, 0.25) is 0 Å². The topological polar surface area (TPSA) is 45.1 Å². The molecule has 18 heavy (non-hydrogen) atoms. The Hall–Kier alpha value is -1.11. The number of thiazole rings is 1. The largest absolute Gasteiger partial charge is 0.390 e. The number of aliphatic hydroxyl groups is 1. The SMILES string of the molecule is CC(NCC(F)(F)CO)c1nc2ccccc2s1. The van der Waals surface area contributed by atoms with Crippen LogP contribution in [0.2, 0.25) is 0 Å². The van der Waals surface area contributed by atoms with Crippen molar-refractivity contribution in [1.82, 2.24) is 10.3 Å². The molecule has 1 heterocycles. The lowest BCUT2D eigenvalue weighted by Crippen LogP contribution is -2.37. The molecule has 2 N–H and O–H groups in total. The van der Waals surface area contributed by atoms with Crippen molar-refractivity contribution in [2.45, 2.75) is 18.9 Å². The van der Waals surface area contributed by atoms with Gasteiger partial charge in [-0.05, 0) is 19.1 Å². The molecule has 0 aliphatic rings. The predicted molar refractivity (Wildman–Crippen MR) is 68.1 cm³/mol. The molecule has 0 spiro atoms. The molecular formula is C12H14F2N2OS. The minimum absolute atomic E-state index is 0.264. The highest BCUT2D eigenvalue weighted by Gasteiger charge is 2.28. The molecule has 0 radical (unpaired) electrons. The first-order valence-electron chi connectivity index (χ1n) is 5.59. The summed E-state index contributed by atoms with van der Waals surface area (Å²) in [6.45, 7) is 0.0817. The van der Waals surface area contributed by atoms with E-state index in [-0.39, 0.29) is 6.04 Å². The van der Waals surface area contributed by atoms with E-state index in [0.29, 0.717) is 0 Å². The highest BCUT2D eigenvalue weighted by atomic mass is 32.1. The van der Waals surface area contributed by atoms with Crippen molar-refractivity contribution in [2.75, 3.05) is 13.2 Å². The van der Waals surface area contributed by atoms with Gasteiger partial charge >= 0.3 is 0 Å². The summed E-state index contributed by atoms with van der Waals surface area (Å²) in [4.78, 5) is 4.39. The molecule has 3 nitrogen and oxygen atoms in total. The second-order valence-corrected chi connectivity index (χ2v) is 5.20. The third-order valence-corrected chi connectivity index (χ3v) is 3.80. The van der Waals surface area contributed by atoms with Crippen LogP contribution in [0, 0.1) is 0 Å². The average Bonchev–Trinajstić information content (AvgIpc) is 2.80. The summed E-state index contributed by atoms with van der Waals surface area (Å²) in [6.07, 6.45) is 0. The van der Waals surface area contributed by atoms with E-state index in [0.717, 1.165) is 15.2 Å². The lowest BCUT2D eigenvalue weighted by molar-refractivity contribution is -0.0490. The second kappa shape index (κ2) is 5.26. The van der Waals surface area contributed by atoms with Crippen LogP contribution in [0.25, 0.3) is 10.2 Å². The molecule has 98 valence electrons. The smallest absolute Gasteiger partial charge is 0.282 e. The number of para-hydroxylation sites is 1.